The van der Waals surface area contributed by atoms with Crippen LogP contribution in [-0.4, -0.2) is 140 Å². The van der Waals surface area contributed by atoms with Crippen molar-refractivity contribution in [3.63, 3.8) is 0 Å². The summed E-state index contributed by atoms with van der Waals surface area (Å²) in [5, 5.41) is 86.5. The minimum atomic E-state index is -1.79. The quantitative estimate of drug-likeness (QED) is 0.0297. The van der Waals surface area contributed by atoms with Gasteiger partial charge in [0.2, 0.25) is 5.91 Å². The lowest BCUT2D eigenvalue weighted by atomic mass is 9.97. The first-order valence-corrected chi connectivity index (χ1v) is 23.7. The fourth-order valence-corrected chi connectivity index (χ4v) is 7.61. The first-order valence-electron chi connectivity index (χ1n) is 23.7. The Morgan fingerprint density at radius 3 is 1.67 bits per heavy atom. The Bertz CT molecular complexity index is 1170. The Morgan fingerprint density at radius 2 is 1.08 bits per heavy atom. The lowest BCUT2D eigenvalue weighted by Crippen LogP contribution is -2.65. The normalized spacial score (nSPS) is 28.3. The zero-order valence-corrected chi connectivity index (χ0v) is 37.4. The predicted octanol–water partition coefficient (Wildman–Crippen LogP) is 5.15. The number of unbranched alkanes of at least 4 members (excludes halogenated alkanes) is 18. The average Bonchev–Trinajstić information content (AvgIpc) is 3.26. The third kappa shape index (κ3) is 22.6. The molecule has 0 aromatic rings. The minimum Gasteiger partial charge on any atom is -0.394 e. The van der Waals surface area contributed by atoms with Crippen LogP contribution in [0.25, 0.3) is 0 Å². The monoisotopic (exact) mass is 872 g/mol. The number of carbonyl (C=O) groups is 1. The Hall–Kier alpha value is -1.79. The molecule has 9 N–H and O–H groups in total. The molecule has 2 rings (SSSR count). The van der Waals surface area contributed by atoms with Gasteiger partial charge in [0.05, 0.1) is 32.0 Å². The first-order chi connectivity index (χ1) is 29.6. The summed E-state index contributed by atoms with van der Waals surface area (Å²) in [6.45, 7) is 2.71. The molecule has 356 valence electrons. The molecule has 0 bridgehead atoms. The number of carbonyl (C=O) groups excluding carboxylic acids is 1. The van der Waals surface area contributed by atoms with E-state index in [0.717, 1.165) is 64.2 Å². The number of rotatable bonds is 35. The number of allylic oxidation sites excluding steroid dienone is 5. The van der Waals surface area contributed by atoms with Crippen LogP contribution in [0.3, 0.4) is 0 Å². The molecule has 0 aromatic carbocycles. The van der Waals surface area contributed by atoms with Crippen LogP contribution in [0.1, 0.15) is 162 Å². The van der Waals surface area contributed by atoms with Crippen molar-refractivity contribution in [3.8, 4) is 0 Å². The van der Waals surface area contributed by atoms with E-state index in [2.05, 4.69) is 43.5 Å². The second-order valence-corrected chi connectivity index (χ2v) is 16.9. The molecule has 14 nitrogen and oxygen atoms in total. The summed E-state index contributed by atoms with van der Waals surface area (Å²) in [7, 11) is 0. The van der Waals surface area contributed by atoms with Gasteiger partial charge in [0, 0.05) is 6.42 Å². The molecular formula is C47H85NO13. The molecule has 2 saturated heterocycles. The molecule has 0 radical (unpaired) electrons. The van der Waals surface area contributed by atoms with Gasteiger partial charge in [-0.2, -0.15) is 0 Å². The zero-order chi connectivity index (χ0) is 44.7. The van der Waals surface area contributed by atoms with Gasteiger partial charge in [-0.1, -0.05) is 140 Å². The highest BCUT2D eigenvalue weighted by atomic mass is 16.7. The summed E-state index contributed by atoms with van der Waals surface area (Å²) in [6.07, 6.45) is 20.4. The largest absolute Gasteiger partial charge is 0.394 e. The van der Waals surface area contributed by atoms with Crippen molar-refractivity contribution in [1.82, 2.24) is 5.32 Å². The molecule has 0 aliphatic carbocycles. The maximum absolute atomic E-state index is 13.1. The molecule has 14 heteroatoms. The number of aliphatic hydroxyl groups is 8. The lowest BCUT2D eigenvalue weighted by Gasteiger charge is -2.46. The van der Waals surface area contributed by atoms with E-state index in [4.69, 9.17) is 18.9 Å². The highest BCUT2D eigenvalue weighted by Gasteiger charge is 2.50. The van der Waals surface area contributed by atoms with Crippen LogP contribution in [0.4, 0.5) is 0 Å². The van der Waals surface area contributed by atoms with Crippen LogP contribution in [0.5, 0.6) is 0 Å². The van der Waals surface area contributed by atoms with Gasteiger partial charge in [-0.15, -0.1) is 0 Å². The Labute approximate surface area is 366 Å². The number of aliphatic hydroxyl groups excluding tert-OH is 8. The van der Waals surface area contributed by atoms with Crippen molar-refractivity contribution in [1.29, 1.82) is 0 Å². The molecule has 0 aromatic heterocycles. The average molecular weight is 872 g/mol. The second kappa shape index (κ2) is 34.6. The van der Waals surface area contributed by atoms with E-state index in [-0.39, 0.29) is 18.9 Å². The first kappa shape index (κ1) is 55.3. The van der Waals surface area contributed by atoms with Gasteiger partial charge < -0.3 is 65.1 Å². The van der Waals surface area contributed by atoms with Gasteiger partial charge in [0.1, 0.15) is 48.8 Å². The van der Waals surface area contributed by atoms with Gasteiger partial charge in [-0.05, 0) is 51.4 Å². The van der Waals surface area contributed by atoms with E-state index >= 15 is 0 Å². The molecule has 2 heterocycles. The number of hydrogen-bond acceptors (Lipinski definition) is 13. The number of nitrogens with one attached hydrogen (secondary N) is 1. The van der Waals surface area contributed by atoms with Gasteiger partial charge in [-0.25, -0.2) is 0 Å². The molecule has 61 heavy (non-hydrogen) atoms. The van der Waals surface area contributed by atoms with Crippen LogP contribution in [0.2, 0.25) is 0 Å². The maximum Gasteiger partial charge on any atom is 0.220 e. The summed E-state index contributed by atoms with van der Waals surface area (Å²) in [4.78, 5) is 13.1. The van der Waals surface area contributed by atoms with E-state index in [1.807, 2.05) is 6.08 Å². The molecule has 12 unspecified atom stereocenters. The highest BCUT2D eigenvalue weighted by molar-refractivity contribution is 5.76. The summed E-state index contributed by atoms with van der Waals surface area (Å²) < 4.78 is 22.6. The summed E-state index contributed by atoms with van der Waals surface area (Å²) in [5.41, 5.74) is 0. The Kier molecular flexibility index (Phi) is 31.4. The fraction of sp³-hybridized carbons (Fsp3) is 0.851. The van der Waals surface area contributed by atoms with Crippen LogP contribution in [-0.2, 0) is 23.7 Å². The summed E-state index contributed by atoms with van der Waals surface area (Å²) in [6, 6.07) is -0.918. The fourth-order valence-electron chi connectivity index (χ4n) is 7.61. The van der Waals surface area contributed by atoms with Gasteiger partial charge >= 0.3 is 0 Å². The molecular weight excluding hydrogens is 787 g/mol. The molecule has 2 aliphatic heterocycles. The smallest absolute Gasteiger partial charge is 0.220 e. The molecule has 12 atom stereocenters. The topological polar surface area (TPSA) is 228 Å². The molecule has 1 amide bonds. The molecule has 2 fully saturated rings. The van der Waals surface area contributed by atoms with E-state index in [0.29, 0.717) is 6.42 Å². The summed E-state index contributed by atoms with van der Waals surface area (Å²) >= 11 is 0. The van der Waals surface area contributed by atoms with Gasteiger partial charge in [0.15, 0.2) is 12.6 Å². The standard InChI is InChI=1S/C47H85NO13/c1-3-5-7-9-11-13-15-17-18-19-21-23-25-27-29-31-39(52)48-35(36(51)30-28-26-24-22-20-16-14-12-10-8-6-4-2)34-58-46-44(57)42(55)45(38(33-50)60-46)61-47-43(56)41(54)40(53)37(32-49)59-47/h11,13,17-18,28,30,35-38,40-47,49-51,53-57H,3-10,12,14-16,19-27,29,31-34H2,1-2H3,(H,48,52)/b13-11-,18-17-,30-28+. The van der Waals surface area contributed by atoms with Crippen molar-refractivity contribution in [2.24, 2.45) is 0 Å². The third-order valence-electron chi connectivity index (χ3n) is 11.6. The number of amides is 1. The van der Waals surface area contributed by atoms with Crippen molar-refractivity contribution < 1.29 is 64.6 Å². The minimum absolute atomic E-state index is 0.257. The van der Waals surface area contributed by atoms with Crippen molar-refractivity contribution >= 4 is 5.91 Å². The highest BCUT2D eigenvalue weighted by Crippen LogP contribution is 2.30. The predicted molar refractivity (Wildman–Crippen MR) is 235 cm³/mol. The Morgan fingerprint density at radius 1 is 0.590 bits per heavy atom. The van der Waals surface area contributed by atoms with E-state index in [1.165, 1.54) is 70.6 Å². The van der Waals surface area contributed by atoms with Crippen LogP contribution < -0.4 is 5.32 Å². The van der Waals surface area contributed by atoms with E-state index in [9.17, 15) is 45.6 Å². The van der Waals surface area contributed by atoms with Gasteiger partial charge in [0.25, 0.3) is 0 Å². The number of hydrogen-bond donors (Lipinski definition) is 9. The van der Waals surface area contributed by atoms with E-state index < -0.39 is 86.8 Å². The lowest BCUT2D eigenvalue weighted by molar-refractivity contribution is -0.359. The number of ether oxygens (including phenoxy) is 4. The molecule has 2 aliphatic rings. The van der Waals surface area contributed by atoms with Gasteiger partial charge in [-0.3, -0.25) is 4.79 Å². The molecule has 0 saturated carbocycles. The van der Waals surface area contributed by atoms with Crippen LogP contribution >= 0.6 is 0 Å². The zero-order valence-electron chi connectivity index (χ0n) is 37.4. The van der Waals surface area contributed by atoms with E-state index in [1.54, 1.807) is 6.08 Å². The molecule has 0 spiro atoms. The SMILES string of the molecule is CCCCC/C=C\C/C=C\CCCCCCCC(=O)NC(COC1OC(CO)C(OC2OC(CO)C(O)C(O)C2O)C(O)C1O)C(O)/C=C/CCCCCCCCCCCC. The summed E-state index contributed by atoms with van der Waals surface area (Å²) in [5.74, 6) is -0.257. The van der Waals surface area contributed by atoms with Crippen molar-refractivity contribution in [2.75, 3.05) is 19.8 Å². The van der Waals surface area contributed by atoms with Crippen molar-refractivity contribution in [2.45, 2.75) is 235 Å². The van der Waals surface area contributed by atoms with Crippen molar-refractivity contribution in [3.05, 3.63) is 36.5 Å². The second-order valence-electron chi connectivity index (χ2n) is 16.9. The van der Waals surface area contributed by atoms with Crippen LogP contribution in [0, 0.1) is 0 Å². The third-order valence-corrected chi connectivity index (χ3v) is 11.6. The maximum atomic E-state index is 13.1. The van der Waals surface area contributed by atoms with Crippen LogP contribution in [0.15, 0.2) is 36.5 Å². The Balaban J connectivity index is 1.90.